The summed E-state index contributed by atoms with van der Waals surface area (Å²) in [5.74, 6) is 1.49. The molecule has 0 aromatic carbocycles. The fourth-order valence-electron chi connectivity index (χ4n) is 2.92. The minimum atomic E-state index is -0.606. The van der Waals surface area contributed by atoms with Gasteiger partial charge >= 0.3 is 0 Å². The minimum absolute atomic E-state index is 0.544. The van der Waals surface area contributed by atoms with Crippen LogP contribution in [0.2, 0.25) is 0 Å². The van der Waals surface area contributed by atoms with E-state index in [0.717, 1.165) is 48.5 Å². The Morgan fingerprint density at radius 1 is 1.40 bits per heavy atom. The second-order valence-corrected chi connectivity index (χ2v) is 6.14. The number of aryl methyl sites for hydroxylation is 1. The summed E-state index contributed by atoms with van der Waals surface area (Å²) in [6.45, 7) is 2.80. The molecule has 0 aliphatic heterocycles. The predicted molar refractivity (Wildman–Crippen MR) is 79.6 cm³/mol. The molecule has 1 aliphatic rings. The molecule has 0 spiro atoms. The van der Waals surface area contributed by atoms with Gasteiger partial charge in [-0.2, -0.15) is 0 Å². The van der Waals surface area contributed by atoms with Gasteiger partial charge in [-0.05, 0) is 37.7 Å². The Morgan fingerprint density at radius 2 is 2.15 bits per heavy atom. The number of aromatic nitrogens is 3. The van der Waals surface area contributed by atoms with Crippen molar-refractivity contribution in [2.45, 2.75) is 38.2 Å². The summed E-state index contributed by atoms with van der Waals surface area (Å²) in [7, 11) is 1.97. The summed E-state index contributed by atoms with van der Waals surface area (Å²) in [5.41, 5.74) is 1.31. The zero-order valence-electron chi connectivity index (χ0n) is 12.1. The Bertz CT molecular complexity index is 599. The number of aliphatic hydroxyl groups is 1. The van der Waals surface area contributed by atoms with Gasteiger partial charge in [0.05, 0.1) is 17.4 Å². The lowest BCUT2D eigenvalue weighted by molar-refractivity contribution is 0.00497. The molecule has 5 heteroatoms. The van der Waals surface area contributed by atoms with Gasteiger partial charge in [-0.15, -0.1) is 0 Å². The fourth-order valence-corrected chi connectivity index (χ4v) is 2.92. The Morgan fingerprint density at radius 3 is 2.90 bits per heavy atom. The van der Waals surface area contributed by atoms with Crippen LogP contribution in [0.25, 0.3) is 11.0 Å². The lowest BCUT2D eigenvalue weighted by Crippen LogP contribution is -2.40. The van der Waals surface area contributed by atoms with Crippen LogP contribution >= 0.6 is 0 Å². The van der Waals surface area contributed by atoms with Crippen molar-refractivity contribution in [3.05, 3.63) is 18.6 Å². The molecular formula is C15H22N4O. The highest BCUT2D eigenvalue weighted by Crippen LogP contribution is 2.32. The minimum Gasteiger partial charge on any atom is -0.388 e. The molecule has 0 saturated heterocycles. The van der Waals surface area contributed by atoms with E-state index in [4.69, 9.17) is 0 Å². The van der Waals surface area contributed by atoms with E-state index in [0.29, 0.717) is 6.54 Å². The summed E-state index contributed by atoms with van der Waals surface area (Å²) < 4.78 is 1.97. The second-order valence-electron chi connectivity index (χ2n) is 6.14. The summed E-state index contributed by atoms with van der Waals surface area (Å²) in [6, 6.07) is 1.95. The average Bonchev–Trinajstić information content (AvgIpc) is 2.83. The van der Waals surface area contributed by atoms with Gasteiger partial charge in [0.2, 0.25) is 0 Å². The van der Waals surface area contributed by atoms with Crippen molar-refractivity contribution in [1.29, 1.82) is 0 Å². The van der Waals surface area contributed by atoms with E-state index < -0.39 is 5.60 Å². The van der Waals surface area contributed by atoms with E-state index in [1.807, 2.05) is 17.7 Å². The highest BCUT2D eigenvalue weighted by atomic mass is 16.3. The van der Waals surface area contributed by atoms with Gasteiger partial charge < -0.3 is 15.0 Å². The molecule has 2 N–H and O–H groups in total. The zero-order chi connectivity index (χ0) is 14.2. The number of hydrogen-bond donors (Lipinski definition) is 2. The van der Waals surface area contributed by atoms with Gasteiger partial charge in [0.25, 0.3) is 0 Å². The van der Waals surface area contributed by atoms with Crippen molar-refractivity contribution in [2.24, 2.45) is 13.0 Å². The van der Waals surface area contributed by atoms with Gasteiger partial charge in [-0.25, -0.2) is 9.97 Å². The molecule has 0 amide bonds. The van der Waals surface area contributed by atoms with E-state index in [9.17, 15) is 5.11 Å². The summed E-state index contributed by atoms with van der Waals surface area (Å²) in [4.78, 5) is 8.73. The maximum Gasteiger partial charge on any atom is 0.154 e. The lowest BCUT2D eigenvalue weighted by Gasteiger charge is -2.35. The molecule has 1 aliphatic carbocycles. The first kappa shape index (κ1) is 13.4. The summed E-state index contributed by atoms with van der Waals surface area (Å²) >= 11 is 0. The van der Waals surface area contributed by atoms with Gasteiger partial charge in [0, 0.05) is 19.8 Å². The third-order valence-electron chi connectivity index (χ3n) is 4.43. The zero-order valence-corrected chi connectivity index (χ0v) is 12.1. The van der Waals surface area contributed by atoms with E-state index in [1.54, 1.807) is 12.5 Å². The van der Waals surface area contributed by atoms with Crippen LogP contribution in [-0.2, 0) is 7.05 Å². The van der Waals surface area contributed by atoms with Crippen LogP contribution in [0.15, 0.2) is 18.6 Å². The number of rotatable bonds is 3. The lowest BCUT2D eigenvalue weighted by atomic mass is 9.79. The molecule has 0 unspecified atom stereocenters. The highest BCUT2D eigenvalue weighted by Gasteiger charge is 2.31. The molecule has 2 heterocycles. The summed E-state index contributed by atoms with van der Waals surface area (Å²) in [6.07, 6.45) is 7.48. The van der Waals surface area contributed by atoms with Gasteiger partial charge in [-0.3, -0.25) is 0 Å². The van der Waals surface area contributed by atoms with Gasteiger partial charge in [-0.1, -0.05) is 6.92 Å². The van der Waals surface area contributed by atoms with Crippen molar-refractivity contribution in [3.8, 4) is 0 Å². The average molecular weight is 274 g/mol. The number of imidazole rings is 1. The normalized spacial score (nSPS) is 26.9. The van der Waals surface area contributed by atoms with Crippen LogP contribution in [0.5, 0.6) is 0 Å². The predicted octanol–water partition coefficient (Wildman–Crippen LogP) is 2.32. The standard InChI is InChI=1S/C15H22N4O/c1-11-3-6-15(20,7-4-11)9-17-14-13-12(5-8-16-14)19(2)10-18-13/h5,8,10-11,20H,3-4,6-7,9H2,1-2H3,(H,16,17). The molecule has 5 nitrogen and oxygen atoms in total. The monoisotopic (exact) mass is 274 g/mol. The molecule has 0 atom stereocenters. The third kappa shape index (κ3) is 2.50. The third-order valence-corrected chi connectivity index (χ3v) is 4.43. The van der Waals surface area contributed by atoms with Crippen LogP contribution in [-0.4, -0.2) is 31.8 Å². The number of pyridine rings is 1. The van der Waals surface area contributed by atoms with E-state index >= 15 is 0 Å². The van der Waals surface area contributed by atoms with E-state index in [-0.39, 0.29) is 0 Å². The van der Waals surface area contributed by atoms with Crippen molar-refractivity contribution in [3.63, 3.8) is 0 Å². The molecule has 108 valence electrons. The summed E-state index contributed by atoms with van der Waals surface area (Å²) in [5, 5.41) is 13.9. The molecule has 2 aromatic rings. The molecule has 2 aromatic heterocycles. The van der Waals surface area contributed by atoms with Crippen LogP contribution < -0.4 is 5.32 Å². The number of fused-ring (bicyclic) bond motifs is 1. The molecular weight excluding hydrogens is 252 g/mol. The molecule has 20 heavy (non-hydrogen) atoms. The topological polar surface area (TPSA) is 63.0 Å². The van der Waals surface area contributed by atoms with Crippen LogP contribution in [0.1, 0.15) is 32.6 Å². The maximum absolute atomic E-state index is 10.6. The number of anilines is 1. The number of nitrogens with zero attached hydrogens (tertiary/aromatic N) is 3. The number of nitrogens with one attached hydrogen (secondary N) is 1. The molecule has 0 radical (unpaired) electrons. The van der Waals surface area contributed by atoms with Crippen molar-refractivity contribution in [1.82, 2.24) is 14.5 Å². The van der Waals surface area contributed by atoms with Gasteiger partial charge in [0.15, 0.2) is 5.82 Å². The van der Waals surface area contributed by atoms with E-state index in [2.05, 4.69) is 22.2 Å². The Hall–Kier alpha value is -1.62. The first-order valence-electron chi connectivity index (χ1n) is 7.30. The van der Waals surface area contributed by atoms with Crippen molar-refractivity contribution >= 4 is 16.9 Å². The quantitative estimate of drug-likeness (QED) is 0.901. The Balaban J connectivity index is 1.74. The first-order chi connectivity index (χ1) is 9.57. The maximum atomic E-state index is 10.6. The van der Waals surface area contributed by atoms with Crippen molar-refractivity contribution < 1.29 is 5.11 Å². The van der Waals surface area contributed by atoms with E-state index in [1.165, 1.54) is 0 Å². The van der Waals surface area contributed by atoms with Crippen molar-refractivity contribution in [2.75, 3.05) is 11.9 Å². The second kappa shape index (κ2) is 5.05. The van der Waals surface area contributed by atoms with Gasteiger partial charge in [0.1, 0.15) is 5.52 Å². The molecule has 0 bridgehead atoms. The smallest absolute Gasteiger partial charge is 0.154 e. The molecule has 1 fully saturated rings. The van der Waals surface area contributed by atoms with Crippen LogP contribution in [0.3, 0.4) is 0 Å². The largest absolute Gasteiger partial charge is 0.388 e. The highest BCUT2D eigenvalue weighted by molar-refractivity contribution is 5.85. The molecule has 3 rings (SSSR count). The fraction of sp³-hybridized carbons (Fsp3) is 0.600. The Labute approximate surface area is 119 Å². The van der Waals surface area contributed by atoms with Crippen LogP contribution in [0, 0.1) is 5.92 Å². The number of hydrogen-bond acceptors (Lipinski definition) is 4. The SMILES string of the molecule is CC1CCC(O)(CNc2nccc3c2ncn3C)CC1. The molecule has 1 saturated carbocycles. The first-order valence-corrected chi connectivity index (χ1v) is 7.30. The van der Waals surface area contributed by atoms with Crippen LogP contribution in [0.4, 0.5) is 5.82 Å². The Kier molecular flexibility index (Phi) is 3.38.